The first-order valence-corrected chi connectivity index (χ1v) is 12.0. The van der Waals surface area contributed by atoms with Crippen LogP contribution < -0.4 is 14.8 Å². The number of rotatable bonds is 10. The van der Waals surface area contributed by atoms with Crippen LogP contribution in [-0.4, -0.2) is 23.3 Å². The molecule has 4 rings (SSSR count). The number of hydrogen-bond donors (Lipinski definition) is 1. The van der Waals surface area contributed by atoms with Crippen molar-refractivity contribution >= 4 is 34.0 Å². The molecule has 0 saturated carbocycles. The van der Waals surface area contributed by atoms with E-state index in [1.807, 2.05) is 43.3 Å². The molecule has 1 amide bonds. The van der Waals surface area contributed by atoms with E-state index in [2.05, 4.69) is 15.1 Å². The first-order chi connectivity index (χ1) is 17.9. The Balaban J connectivity index is 1.42. The molecule has 0 radical (unpaired) electrons. The molecule has 0 spiro atoms. The summed E-state index contributed by atoms with van der Waals surface area (Å²) >= 11 is 0. The van der Waals surface area contributed by atoms with Crippen LogP contribution in [0.4, 0.5) is 11.4 Å². The van der Waals surface area contributed by atoms with E-state index in [0.29, 0.717) is 53.6 Å². The van der Waals surface area contributed by atoms with Crippen LogP contribution in [0, 0.1) is 6.57 Å². The quantitative estimate of drug-likeness (QED) is 0.249. The number of ether oxygens (including phenoxy) is 2. The van der Waals surface area contributed by atoms with Gasteiger partial charge in [-0.05, 0) is 60.0 Å². The number of carbonyl (C=O) groups is 2. The first kappa shape index (κ1) is 25.4. The molecule has 0 unspecified atom stereocenters. The third-order valence-electron chi connectivity index (χ3n) is 5.59. The van der Waals surface area contributed by atoms with Crippen molar-refractivity contribution in [1.82, 2.24) is 4.98 Å². The number of Topliss-reactive ketones (excluding diaryl/α,β-unsaturated/α-hetero) is 1. The Hall–Kier alpha value is -4.70. The van der Waals surface area contributed by atoms with E-state index in [-0.39, 0.29) is 11.7 Å². The fraction of sp³-hybridized carbons (Fsp3) is 0.200. The van der Waals surface area contributed by atoms with Crippen molar-refractivity contribution in [2.75, 3.05) is 11.9 Å². The van der Waals surface area contributed by atoms with E-state index < -0.39 is 0 Å². The first-order valence-electron chi connectivity index (χ1n) is 12.0. The summed E-state index contributed by atoms with van der Waals surface area (Å²) in [6.07, 6.45) is 3.13. The van der Waals surface area contributed by atoms with E-state index in [4.69, 9.17) is 16.0 Å². The smallest absolute Gasteiger partial charge is 0.229 e. The average molecular weight is 494 g/mol. The lowest BCUT2D eigenvalue weighted by atomic mass is 10.0. The number of ketones is 1. The molecule has 186 valence electrons. The maximum absolute atomic E-state index is 12.6. The standard InChI is InChI=1S/C30H27N3O4/c1-4-15-36-30-19-27-26(18-28(30)31-3)29(13-14-32-27)37-25-11-7-22(8-12-25)17-24(35)16-21-5-9-23(10-6-21)33-20(2)34/h5-14,18-19H,4,15-17H2,1-2H3,(H,33,34). The second-order valence-corrected chi connectivity index (χ2v) is 8.62. The fourth-order valence-electron chi connectivity index (χ4n) is 3.87. The number of anilines is 1. The zero-order valence-corrected chi connectivity index (χ0v) is 20.8. The zero-order chi connectivity index (χ0) is 26.2. The number of nitrogens with one attached hydrogen (secondary N) is 1. The molecular weight excluding hydrogens is 466 g/mol. The number of benzene rings is 3. The third kappa shape index (κ3) is 6.71. The summed E-state index contributed by atoms with van der Waals surface area (Å²) in [5.41, 5.74) is 3.59. The van der Waals surface area contributed by atoms with E-state index in [1.54, 1.807) is 36.5 Å². The molecule has 0 atom stereocenters. The van der Waals surface area contributed by atoms with Crippen molar-refractivity contribution in [1.29, 1.82) is 0 Å². The predicted molar refractivity (Wildman–Crippen MR) is 143 cm³/mol. The lowest BCUT2D eigenvalue weighted by Crippen LogP contribution is -2.08. The van der Waals surface area contributed by atoms with Crippen LogP contribution in [0.5, 0.6) is 17.2 Å². The molecule has 4 aromatic rings. The van der Waals surface area contributed by atoms with Crippen LogP contribution in [-0.2, 0) is 22.4 Å². The summed E-state index contributed by atoms with van der Waals surface area (Å²) < 4.78 is 11.8. The van der Waals surface area contributed by atoms with Crippen LogP contribution in [0.15, 0.2) is 72.9 Å². The number of carbonyl (C=O) groups excluding carboxylic acids is 2. The highest BCUT2D eigenvalue weighted by Crippen LogP contribution is 2.37. The van der Waals surface area contributed by atoms with Crippen molar-refractivity contribution in [2.45, 2.75) is 33.1 Å². The highest BCUT2D eigenvalue weighted by Gasteiger charge is 2.12. The van der Waals surface area contributed by atoms with Crippen LogP contribution in [0.1, 0.15) is 31.4 Å². The van der Waals surface area contributed by atoms with Gasteiger partial charge in [-0.1, -0.05) is 31.2 Å². The molecule has 0 aliphatic heterocycles. The molecule has 0 bridgehead atoms. The van der Waals surface area contributed by atoms with Gasteiger partial charge >= 0.3 is 0 Å². The largest absolute Gasteiger partial charge is 0.505 e. The van der Waals surface area contributed by atoms with Crippen molar-refractivity contribution in [3.63, 3.8) is 0 Å². The Bertz CT molecular complexity index is 1460. The molecule has 3 aromatic carbocycles. The summed E-state index contributed by atoms with van der Waals surface area (Å²) in [7, 11) is 0. The summed E-state index contributed by atoms with van der Waals surface area (Å²) in [6, 6.07) is 19.9. The minimum atomic E-state index is -0.132. The molecular formula is C30H27N3O4. The number of pyridine rings is 1. The molecule has 1 N–H and O–H groups in total. The average Bonchev–Trinajstić information content (AvgIpc) is 2.89. The van der Waals surface area contributed by atoms with E-state index in [0.717, 1.165) is 22.9 Å². The lowest BCUT2D eigenvalue weighted by Gasteiger charge is -2.12. The molecule has 7 nitrogen and oxygen atoms in total. The normalized spacial score (nSPS) is 10.5. The maximum Gasteiger partial charge on any atom is 0.229 e. The molecule has 37 heavy (non-hydrogen) atoms. The Morgan fingerprint density at radius 2 is 1.62 bits per heavy atom. The second kappa shape index (κ2) is 11.8. The van der Waals surface area contributed by atoms with Crippen LogP contribution in [0.25, 0.3) is 15.7 Å². The number of nitrogens with zero attached hydrogens (tertiary/aromatic N) is 2. The summed E-state index contributed by atoms with van der Waals surface area (Å²) in [5, 5.41) is 3.44. The Kier molecular flexibility index (Phi) is 8.11. The highest BCUT2D eigenvalue weighted by molar-refractivity contribution is 5.91. The van der Waals surface area contributed by atoms with Crippen molar-refractivity contribution in [3.05, 3.63) is 95.5 Å². The molecule has 0 aliphatic rings. The SMILES string of the molecule is [C-]#[N+]c1cc2c(Oc3ccc(CC(=O)Cc4ccc(NC(C)=O)cc4)cc3)ccnc2cc1OCCC. The molecule has 0 saturated heterocycles. The van der Waals surface area contributed by atoms with Gasteiger partial charge in [0, 0.05) is 37.0 Å². The van der Waals surface area contributed by atoms with Crippen LogP contribution in [0.2, 0.25) is 0 Å². The highest BCUT2D eigenvalue weighted by atomic mass is 16.5. The molecule has 0 aliphatic carbocycles. The minimum absolute atomic E-state index is 0.0915. The van der Waals surface area contributed by atoms with Gasteiger partial charge in [0.15, 0.2) is 0 Å². The summed E-state index contributed by atoms with van der Waals surface area (Å²) in [4.78, 5) is 31.7. The third-order valence-corrected chi connectivity index (χ3v) is 5.59. The van der Waals surface area contributed by atoms with Gasteiger partial charge < -0.3 is 14.8 Å². The van der Waals surface area contributed by atoms with E-state index in [1.165, 1.54) is 6.92 Å². The second-order valence-electron chi connectivity index (χ2n) is 8.62. The van der Waals surface area contributed by atoms with Gasteiger partial charge in [0.2, 0.25) is 11.6 Å². The maximum atomic E-state index is 12.6. The fourth-order valence-corrected chi connectivity index (χ4v) is 3.87. The number of fused-ring (bicyclic) bond motifs is 1. The number of amides is 1. The van der Waals surface area contributed by atoms with Crippen LogP contribution >= 0.6 is 0 Å². The van der Waals surface area contributed by atoms with Gasteiger partial charge in [-0.15, -0.1) is 0 Å². The van der Waals surface area contributed by atoms with Gasteiger partial charge in [0.1, 0.15) is 23.0 Å². The Morgan fingerprint density at radius 3 is 2.24 bits per heavy atom. The van der Waals surface area contributed by atoms with Gasteiger partial charge in [-0.2, -0.15) is 0 Å². The van der Waals surface area contributed by atoms with Gasteiger partial charge in [-0.3, -0.25) is 14.6 Å². The Labute approximate surface area is 215 Å². The summed E-state index contributed by atoms with van der Waals surface area (Å²) in [5.74, 6) is 1.68. The van der Waals surface area contributed by atoms with Gasteiger partial charge in [-0.25, -0.2) is 4.85 Å². The van der Waals surface area contributed by atoms with Crippen LogP contribution in [0.3, 0.4) is 0 Å². The van der Waals surface area contributed by atoms with E-state index in [9.17, 15) is 9.59 Å². The van der Waals surface area contributed by atoms with Crippen molar-refractivity contribution in [3.8, 4) is 17.2 Å². The number of hydrogen-bond acceptors (Lipinski definition) is 5. The molecule has 1 heterocycles. The van der Waals surface area contributed by atoms with E-state index >= 15 is 0 Å². The Morgan fingerprint density at radius 1 is 0.946 bits per heavy atom. The number of aromatic nitrogens is 1. The molecule has 7 heteroatoms. The topological polar surface area (TPSA) is 81.9 Å². The zero-order valence-electron chi connectivity index (χ0n) is 20.8. The molecule has 0 fully saturated rings. The molecule has 1 aromatic heterocycles. The van der Waals surface area contributed by atoms with Gasteiger partial charge in [0.05, 0.1) is 18.7 Å². The lowest BCUT2D eigenvalue weighted by molar-refractivity contribution is -0.118. The monoisotopic (exact) mass is 493 g/mol. The van der Waals surface area contributed by atoms with Gasteiger partial charge in [0.25, 0.3) is 0 Å². The van der Waals surface area contributed by atoms with Crippen molar-refractivity contribution < 1.29 is 19.1 Å². The summed E-state index contributed by atoms with van der Waals surface area (Å²) in [6.45, 7) is 11.5. The van der Waals surface area contributed by atoms with Crippen molar-refractivity contribution in [2.24, 2.45) is 0 Å². The predicted octanol–water partition coefficient (Wildman–Crippen LogP) is 6.68. The minimum Gasteiger partial charge on any atom is -0.505 e.